The van der Waals surface area contributed by atoms with Crippen molar-refractivity contribution in [3.05, 3.63) is 72.1 Å². The van der Waals surface area contributed by atoms with Crippen molar-refractivity contribution >= 4 is 17.5 Å². The molecule has 1 aliphatic heterocycles. The highest BCUT2D eigenvalue weighted by Crippen LogP contribution is 2.38. The number of pyridine rings is 1. The first-order valence-corrected chi connectivity index (χ1v) is 9.02. The quantitative estimate of drug-likeness (QED) is 0.815. The van der Waals surface area contributed by atoms with Crippen molar-refractivity contribution in [1.82, 2.24) is 10.3 Å². The monoisotopic (exact) mass is 363 g/mol. The number of fused-ring (bicyclic) bond motifs is 1. The van der Waals surface area contributed by atoms with Gasteiger partial charge in [0, 0.05) is 24.7 Å². The van der Waals surface area contributed by atoms with Crippen LogP contribution in [0.4, 0.5) is 5.69 Å². The predicted molar refractivity (Wildman–Crippen MR) is 106 cm³/mol. The second kappa shape index (κ2) is 6.99. The van der Waals surface area contributed by atoms with Gasteiger partial charge in [-0.1, -0.05) is 57.2 Å². The van der Waals surface area contributed by atoms with Crippen LogP contribution in [0.2, 0.25) is 0 Å². The zero-order valence-electron chi connectivity index (χ0n) is 16.0. The number of nitrogens with one attached hydrogen (secondary N) is 2. The van der Waals surface area contributed by atoms with Crippen molar-refractivity contribution in [2.45, 2.75) is 39.2 Å². The number of carbonyl (C=O) groups excluding carboxylic acids is 2. The standard InChI is InChI=1S/C22H25N3O2/c1-15(21(2,3)4)13-19(26)24-20(27)22(18-11-7-8-12-23-18)14-16-9-5-6-10-17(16)25-22/h5-12,25H,1,13-14H2,2-4H3,(H,24,26,27). The van der Waals surface area contributed by atoms with Gasteiger partial charge >= 0.3 is 0 Å². The molecule has 1 atom stereocenters. The summed E-state index contributed by atoms with van der Waals surface area (Å²) in [5.74, 6) is -0.753. The summed E-state index contributed by atoms with van der Waals surface area (Å²) in [5.41, 5.74) is 1.96. The van der Waals surface area contributed by atoms with E-state index in [4.69, 9.17) is 0 Å². The van der Waals surface area contributed by atoms with E-state index < -0.39 is 11.4 Å². The minimum Gasteiger partial charge on any atom is -0.366 e. The van der Waals surface area contributed by atoms with Crippen LogP contribution in [0.3, 0.4) is 0 Å². The van der Waals surface area contributed by atoms with E-state index in [1.165, 1.54) is 0 Å². The molecule has 1 aliphatic rings. The largest absolute Gasteiger partial charge is 0.366 e. The molecule has 27 heavy (non-hydrogen) atoms. The first-order valence-electron chi connectivity index (χ1n) is 9.02. The second-order valence-corrected chi connectivity index (χ2v) is 7.99. The fourth-order valence-corrected chi connectivity index (χ4v) is 3.12. The Hall–Kier alpha value is -2.95. The van der Waals surface area contributed by atoms with Crippen LogP contribution in [-0.2, 0) is 21.5 Å². The number of anilines is 1. The lowest BCUT2D eigenvalue weighted by Crippen LogP contribution is -2.51. The highest BCUT2D eigenvalue weighted by molar-refractivity contribution is 6.03. The zero-order chi connectivity index (χ0) is 19.7. The highest BCUT2D eigenvalue weighted by Gasteiger charge is 2.46. The maximum atomic E-state index is 13.2. The highest BCUT2D eigenvalue weighted by atomic mass is 16.2. The van der Waals surface area contributed by atoms with Gasteiger partial charge < -0.3 is 5.32 Å². The fraction of sp³-hybridized carbons (Fsp3) is 0.318. The molecule has 140 valence electrons. The van der Waals surface area contributed by atoms with Gasteiger partial charge in [0.1, 0.15) is 0 Å². The van der Waals surface area contributed by atoms with E-state index in [0.717, 1.165) is 16.8 Å². The van der Waals surface area contributed by atoms with E-state index >= 15 is 0 Å². The molecule has 2 heterocycles. The average molecular weight is 363 g/mol. The number of amides is 2. The molecule has 2 aromatic rings. The summed E-state index contributed by atoms with van der Waals surface area (Å²) in [6.07, 6.45) is 2.19. The molecule has 0 saturated heterocycles. The Kier molecular flexibility index (Phi) is 4.87. The van der Waals surface area contributed by atoms with Gasteiger partial charge in [0.05, 0.1) is 5.69 Å². The van der Waals surface area contributed by atoms with Crippen molar-refractivity contribution < 1.29 is 9.59 Å². The Morgan fingerprint density at radius 2 is 1.89 bits per heavy atom. The summed E-state index contributed by atoms with van der Waals surface area (Å²) in [7, 11) is 0. The molecule has 0 radical (unpaired) electrons. The number of benzene rings is 1. The number of hydrogen-bond acceptors (Lipinski definition) is 4. The number of rotatable bonds is 4. The smallest absolute Gasteiger partial charge is 0.258 e. The lowest BCUT2D eigenvalue weighted by molar-refractivity contribution is -0.133. The maximum Gasteiger partial charge on any atom is 0.258 e. The molecule has 5 heteroatoms. The first-order chi connectivity index (χ1) is 12.7. The summed E-state index contributed by atoms with van der Waals surface area (Å²) in [5, 5.41) is 5.86. The lowest BCUT2D eigenvalue weighted by atomic mass is 9.85. The van der Waals surface area contributed by atoms with Gasteiger partial charge in [0.15, 0.2) is 5.54 Å². The van der Waals surface area contributed by atoms with Gasteiger partial charge in [0.25, 0.3) is 5.91 Å². The third-order valence-electron chi connectivity index (χ3n) is 5.00. The van der Waals surface area contributed by atoms with Crippen LogP contribution in [0, 0.1) is 5.41 Å². The zero-order valence-corrected chi connectivity index (χ0v) is 16.0. The molecule has 0 saturated carbocycles. The van der Waals surface area contributed by atoms with Crippen LogP contribution in [0.25, 0.3) is 0 Å². The van der Waals surface area contributed by atoms with Crippen molar-refractivity contribution in [2.75, 3.05) is 5.32 Å². The number of nitrogens with zero attached hydrogens (tertiary/aromatic N) is 1. The van der Waals surface area contributed by atoms with Gasteiger partial charge in [-0.05, 0) is 29.2 Å². The minimum absolute atomic E-state index is 0.112. The van der Waals surface area contributed by atoms with E-state index in [9.17, 15) is 9.59 Å². The Labute approximate surface area is 159 Å². The van der Waals surface area contributed by atoms with Crippen LogP contribution < -0.4 is 10.6 Å². The molecule has 0 aliphatic carbocycles. The summed E-state index contributed by atoms with van der Waals surface area (Å²) in [6, 6.07) is 13.2. The summed E-state index contributed by atoms with van der Waals surface area (Å²) >= 11 is 0. The van der Waals surface area contributed by atoms with Gasteiger partial charge in [0.2, 0.25) is 5.91 Å². The van der Waals surface area contributed by atoms with Gasteiger partial charge in [-0.25, -0.2) is 0 Å². The summed E-state index contributed by atoms with van der Waals surface area (Å²) < 4.78 is 0. The molecule has 1 unspecified atom stereocenters. The van der Waals surface area contributed by atoms with Crippen molar-refractivity contribution in [3.8, 4) is 0 Å². The molecule has 0 bridgehead atoms. The van der Waals surface area contributed by atoms with Gasteiger partial charge in [-0.2, -0.15) is 0 Å². The van der Waals surface area contributed by atoms with E-state index in [1.54, 1.807) is 18.3 Å². The Bertz CT molecular complexity index is 857. The normalized spacial score (nSPS) is 18.3. The number of hydrogen-bond donors (Lipinski definition) is 2. The molecule has 0 spiro atoms. The first kappa shape index (κ1) is 18.8. The molecular formula is C22H25N3O2. The topological polar surface area (TPSA) is 71.1 Å². The second-order valence-electron chi connectivity index (χ2n) is 7.99. The van der Waals surface area contributed by atoms with E-state index in [2.05, 4.69) is 22.2 Å². The van der Waals surface area contributed by atoms with Crippen LogP contribution in [0.5, 0.6) is 0 Å². The van der Waals surface area contributed by atoms with Crippen LogP contribution >= 0.6 is 0 Å². The Morgan fingerprint density at radius 3 is 2.52 bits per heavy atom. The summed E-state index contributed by atoms with van der Waals surface area (Å²) in [6.45, 7) is 9.96. The third kappa shape index (κ3) is 3.77. The molecule has 1 aromatic carbocycles. The van der Waals surface area contributed by atoms with E-state index in [0.29, 0.717) is 12.1 Å². The SMILES string of the molecule is C=C(CC(=O)NC(=O)C1(c2ccccn2)Cc2ccccc2N1)C(C)(C)C. The van der Waals surface area contributed by atoms with Gasteiger partial charge in [-0.15, -0.1) is 0 Å². The van der Waals surface area contributed by atoms with Crippen LogP contribution in [-0.4, -0.2) is 16.8 Å². The van der Waals surface area contributed by atoms with Crippen LogP contribution in [0.15, 0.2) is 60.8 Å². The average Bonchev–Trinajstić information content (AvgIpc) is 3.02. The molecule has 2 N–H and O–H groups in total. The van der Waals surface area contributed by atoms with Crippen LogP contribution in [0.1, 0.15) is 38.4 Å². The fourth-order valence-electron chi connectivity index (χ4n) is 3.12. The Morgan fingerprint density at radius 1 is 1.19 bits per heavy atom. The molecule has 0 fully saturated rings. The summed E-state index contributed by atoms with van der Waals surface area (Å²) in [4.78, 5) is 30.1. The number of imide groups is 1. The molecular weight excluding hydrogens is 338 g/mol. The molecule has 3 rings (SSSR count). The van der Waals surface area contributed by atoms with Crippen molar-refractivity contribution in [3.63, 3.8) is 0 Å². The lowest BCUT2D eigenvalue weighted by Gasteiger charge is -2.28. The number of aromatic nitrogens is 1. The van der Waals surface area contributed by atoms with Crippen molar-refractivity contribution in [1.29, 1.82) is 0 Å². The minimum atomic E-state index is -1.11. The third-order valence-corrected chi connectivity index (χ3v) is 5.00. The van der Waals surface area contributed by atoms with E-state index in [-0.39, 0.29) is 17.7 Å². The van der Waals surface area contributed by atoms with Crippen molar-refractivity contribution in [2.24, 2.45) is 5.41 Å². The van der Waals surface area contributed by atoms with Gasteiger partial charge in [-0.3, -0.25) is 19.9 Å². The molecule has 1 aromatic heterocycles. The van der Waals surface area contributed by atoms with E-state index in [1.807, 2.05) is 51.1 Å². The number of para-hydroxylation sites is 1. The Balaban J connectivity index is 1.86. The molecule has 2 amide bonds. The maximum absolute atomic E-state index is 13.2. The number of carbonyl (C=O) groups is 2. The molecule has 5 nitrogen and oxygen atoms in total. The predicted octanol–water partition coefficient (Wildman–Crippen LogP) is 3.58.